The summed E-state index contributed by atoms with van der Waals surface area (Å²) in [7, 11) is 0. The summed E-state index contributed by atoms with van der Waals surface area (Å²) in [5, 5.41) is 12.2. The van der Waals surface area contributed by atoms with Gasteiger partial charge >= 0.3 is 0 Å². The number of nitrogens with one attached hydrogen (secondary N) is 1. The molecule has 15 heavy (non-hydrogen) atoms. The first-order valence-corrected chi connectivity index (χ1v) is 5.58. The first-order valence-electron chi connectivity index (χ1n) is 5.58. The third-order valence-electron chi connectivity index (χ3n) is 2.88. The molecule has 0 aromatic rings. The molecule has 1 saturated carbocycles. The summed E-state index contributed by atoms with van der Waals surface area (Å²) < 4.78 is 0. The lowest BCUT2D eigenvalue weighted by Gasteiger charge is -2.29. The Morgan fingerprint density at radius 2 is 2.00 bits per heavy atom. The Balaban J connectivity index is 2.49. The molecule has 88 valence electrons. The molecule has 0 radical (unpaired) electrons. The number of amides is 1. The fraction of sp³-hybridized carbons (Fsp3) is 0.909. The first kappa shape index (κ1) is 12.5. The van der Waals surface area contributed by atoms with E-state index >= 15 is 0 Å². The number of hydrogen-bond donors (Lipinski definition) is 3. The SMILES string of the molecule is CC(C)(N)CC(=O)NC1(CO)CCCC1. The summed E-state index contributed by atoms with van der Waals surface area (Å²) in [6, 6.07) is 0. The van der Waals surface area contributed by atoms with Crippen molar-refractivity contribution in [3.63, 3.8) is 0 Å². The number of rotatable bonds is 4. The number of nitrogens with two attached hydrogens (primary N) is 1. The highest BCUT2D eigenvalue weighted by atomic mass is 16.3. The molecule has 1 amide bonds. The third-order valence-corrected chi connectivity index (χ3v) is 2.88. The standard InChI is InChI=1S/C11H22N2O2/c1-10(2,12)7-9(15)13-11(8-14)5-3-4-6-11/h14H,3-8,12H2,1-2H3,(H,13,15). The van der Waals surface area contributed by atoms with E-state index in [9.17, 15) is 9.90 Å². The first-order chi connectivity index (χ1) is 6.87. The fourth-order valence-electron chi connectivity index (χ4n) is 2.13. The molecule has 1 aliphatic rings. The van der Waals surface area contributed by atoms with Crippen LogP contribution >= 0.6 is 0 Å². The molecule has 0 aliphatic heterocycles. The molecule has 0 atom stereocenters. The Hall–Kier alpha value is -0.610. The molecule has 4 nitrogen and oxygen atoms in total. The fourth-order valence-corrected chi connectivity index (χ4v) is 2.13. The van der Waals surface area contributed by atoms with E-state index in [-0.39, 0.29) is 18.1 Å². The van der Waals surface area contributed by atoms with Crippen molar-refractivity contribution in [3.05, 3.63) is 0 Å². The van der Waals surface area contributed by atoms with Crippen LogP contribution < -0.4 is 11.1 Å². The molecule has 1 aliphatic carbocycles. The van der Waals surface area contributed by atoms with Crippen molar-refractivity contribution in [1.82, 2.24) is 5.32 Å². The van der Waals surface area contributed by atoms with Crippen LogP contribution in [0.3, 0.4) is 0 Å². The molecule has 0 aromatic heterocycles. The van der Waals surface area contributed by atoms with Crippen molar-refractivity contribution in [2.75, 3.05) is 6.61 Å². The molecule has 0 aromatic carbocycles. The Labute approximate surface area is 91.2 Å². The second kappa shape index (κ2) is 4.49. The van der Waals surface area contributed by atoms with Crippen molar-refractivity contribution in [2.45, 2.75) is 57.0 Å². The van der Waals surface area contributed by atoms with Crippen molar-refractivity contribution in [2.24, 2.45) is 5.73 Å². The molecule has 0 spiro atoms. The second-order valence-electron chi connectivity index (χ2n) is 5.36. The van der Waals surface area contributed by atoms with Crippen LogP contribution in [0.5, 0.6) is 0 Å². The van der Waals surface area contributed by atoms with Crippen molar-refractivity contribution < 1.29 is 9.90 Å². The molecule has 4 heteroatoms. The van der Waals surface area contributed by atoms with Gasteiger partial charge in [0, 0.05) is 12.0 Å². The molecule has 1 fully saturated rings. The van der Waals surface area contributed by atoms with E-state index in [4.69, 9.17) is 5.73 Å². The zero-order chi connectivity index (χ0) is 11.5. The van der Waals surface area contributed by atoms with E-state index in [1.165, 1.54) is 0 Å². The monoisotopic (exact) mass is 214 g/mol. The Morgan fingerprint density at radius 3 is 2.40 bits per heavy atom. The van der Waals surface area contributed by atoms with Gasteiger partial charge in [-0.05, 0) is 26.7 Å². The van der Waals surface area contributed by atoms with Crippen molar-refractivity contribution in [1.29, 1.82) is 0 Å². The minimum Gasteiger partial charge on any atom is -0.394 e. The van der Waals surface area contributed by atoms with E-state index in [0.29, 0.717) is 6.42 Å². The topological polar surface area (TPSA) is 75.4 Å². The lowest BCUT2D eigenvalue weighted by molar-refractivity contribution is -0.124. The van der Waals surface area contributed by atoms with Gasteiger partial charge in [-0.25, -0.2) is 0 Å². The summed E-state index contributed by atoms with van der Waals surface area (Å²) >= 11 is 0. The molecule has 0 bridgehead atoms. The molecular formula is C11H22N2O2. The van der Waals surface area contributed by atoms with Crippen molar-refractivity contribution >= 4 is 5.91 Å². The van der Waals surface area contributed by atoms with Crippen molar-refractivity contribution in [3.8, 4) is 0 Å². The van der Waals surface area contributed by atoms with Gasteiger partial charge in [-0.3, -0.25) is 4.79 Å². The van der Waals surface area contributed by atoms with Crippen LogP contribution in [0.15, 0.2) is 0 Å². The quantitative estimate of drug-likeness (QED) is 0.639. The van der Waals surface area contributed by atoms with Gasteiger partial charge in [0.2, 0.25) is 5.91 Å². The number of carbonyl (C=O) groups is 1. The van der Waals surface area contributed by atoms with Crippen LogP contribution in [0.1, 0.15) is 46.0 Å². The third kappa shape index (κ3) is 3.80. The zero-order valence-electron chi connectivity index (χ0n) is 9.68. The Morgan fingerprint density at radius 1 is 1.47 bits per heavy atom. The van der Waals surface area contributed by atoms with Gasteiger partial charge in [-0.2, -0.15) is 0 Å². The number of aliphatic hydroxyl groups excluding tert-OH is 1. The molecule has 0 unspecified atom stereocenters. The smallest absolute Gasteiger partial charge is 0.222 e. The molecular weight excluding hydrogens is 192 g/mol. The number of hydrogen-bond acceptors (Lipinski definition) is 3. The van der Waals surface area contributed by atoms with Crippen LogP contribution in [0, 0.1) is 0 Å². The van der Waals surface area contributed by atoms with Crippen LogP contribution in [0.2, 0.25) is 0 Å². The van der Waals surface area contributed by atoms with Crippen LogP contribution in [0.4, 0.5) is 0 Å². The van der Waals surface area contributed by atoms with Gasteiger partial charge in [0.05, 0.1) is 12.1 Å². The number of aliphatic hydroxyl groups is 1. The average Bonchev–Trinajstić information content (AvgIpc) is 2.50. The highest BCUT2D eigenvalue weighted by Gasteiger charge is 2.35. The molecule has 0 saturated heterocycles. The summed E-state index contributed by atoms with van der Waals surface area (Å²) in [5.41, 5.74) is 4.91. The van der Waals surface area contributed by atoms with E-state index in [1.807, 2.05) is 13.8 Å². The predicted molar refractivity (Wildman–Crippen MR) is 59.3 cm³/mol. The average molecular weight is 214 g/mol. The summed E-state index contributed by atoms with van der Waals surface area (Å²) in [6.07, 6.45) is 4.20. The largest absolute Gasteiger partial charge is 0.394 e. The van der Waals surface area contributed by atoms with E-state index in [0.717, 1.165) is 25.7 Å². The molecule has 1 rings (SSSR count). The lowest BCUT2D eigenvalue weighted by Crippen LogP contribution is -2.51. The van der Waals surface area contributed by atoms with E-state index < -0.39 is 5.54 Å². The Bertz CT molecular complexity index is 227. The summed E-state index contributed by atoms with van der Waals surface area (Å²) in [4.78, 5) is 11.7. The van der Waals surface area contributed by atoms with Gasteiger partial charge in [0.15, 0.2) is 0 Å². The lowest BCUT2D eigenvalue weighted by atomic mass is 9.96. The maximum absolute atomic E-state index is 11.7. The van der Waals surface area contributed by atoms with E-state index in [2.05, 4.69) is 5.32 Å². The summed E-state index contributed by atoms with van der Waals surface area (Å²) in [6.45, 7) is 3.68. The minimum absolute atomic E-state index is 0.0315. The Kier molecular flexibility index (Phi) is 3.73. The second-order valence-corrected chi connectivity index (χ2v) is 5.36. The normalized spacial score (nSPS) is 20.3. The maximum atomic E-state index is 11.7. The van der Waals surface area contributed by atoms with Crippen LogP contribution in [-0.4, -0.2) is 28.7 Å². The van der Waals surface area contributed by atoms with Crippen LogP contribution in [-0.2, 0) is 4.79 Å². The highest BCUT2D eigenvalue weighted by molar-refractivity contribution is 5.78. The minimum atomic E-state index is -0.487. The van der Waals surface area contributed by atoms with Gasteiger partial charge in [-0.15, -0.1) is 0 Å². The van der Waals surface area contributed by atoms with Gasteiger partial charge < -0.3 is 16.2 Å². The highest BCUT2D eigenvalue weighted by Crippen LogP contribution is 2.29. The number of carbonyl (C=O) groups excluding carboxylic acids is 1. The zero-order valence-corrected chi connectivity index (χ0v) is 9.68. The van der Waals surface area contributed by atoms with Gasteiger partial charge in [0.25, 0.3) is 0 Å². The maximum Gasteiger partial charge on any atom is 0.222 e. The summed E-state index contributed by atoms with van der Waals surface area (Å²) in [5.74, 6) is -0.0570. The van der Waals surface area contributed by atoms with Gasteiger partial charge in [0.1, 0.15) is 0 Å². The molecule has 4 N–H and O–H groups in total. The predicted octanol–water partition coefficient (Wildman–Crippen LogP) is 0.535. The van der Waals surface area contributed by atoms with Gasteiger partial charge in [-0.1, -0.05) is 12.8 Å². The van der Waals surface area contributed by atoms with Crippen LogP contribution in [0.25, 0.3) is 0 Å². The molecule has 0 heterocycles. The van der Waals surface area contributed by atoms with E-state index in [1.54, 1.807) is 0 Å².